The topological polar surface area (TPSA) is 118 Å². The molecule has 126 valence electrons. The summed E-state index contributed by atoms with van der Waals surface area (Å²) in [7, 11) is -4.23. The van der Waals surface area contributed by atoms with Crippen LogP contribution in [0.3, 0.4) is 0 Å². The van der Waals surface area contributed by atoms with E-state index >= 15 is 0 Å². The Balaban J connectivity index is 2.41. The summed E-state index contributed by atoms with van der Waals surface area (Å²) in [4.78, 5) is 10.2. The Hall–Kier alpha value is -2.58. The van der Waals surface area contributed by atoms with Gasteiger partial charge in [-0.3, -0.25) is 10.1 Å². The summed E-state index contributed by atoms with van der Waals surface area (Å²) in [5, 5.41) is 29.2. The van der Waals surface area contributed by atoms with Crippen LogP contribution in [0, 0.1) is 10.1 Å². The van der Waals surface area contributed by atoms with Crippen LogP contribution in [0.15, 0.2) is 47.5 Å². The smallest absolute Gasteiger partial charge is 0.360 e. The number of nitrogens with zero attached hydrogens (tertiary/aromatic N) is 1. The van der Waals surface area contributed by atoms with Crippen LogP contribution in [0.4, 0.5) is 0 Å². The van der Waals surface area contributed by atoms with E-state index in [1.165, 1.54) is 30.3 Å². The molecule has 0 unspecified atom stereocenters. The highest BCUT2D eigenvalue weighted by molar-refractivity contribution is 7.94. The first-order valence-electron chi connectivity index (χ1n) is 6.54. The van der Waals surface area contributed by atoms with Crippen LogP contribution in [0.1, 0.15) is 11.1 Å². The minimum Gasteiger partial charge on any atom is -0.504 e. The molecule has 0 aliphatic rings. The monoisotopic (exact) mass is 369 g/mol. The van der Waals surface area contributed by atoms with Gasteiger partial charge in [-0.2, -0.15) is 0 Å². The fourth-order valence-corrected chi connectivity index (χ4v) is 3.35. The first kappa shape index (κ1) is 17.8. The van der Waals surface area contributed by atoms with Gasteiger partial charge in [0.25, 0.3) is 0 Å². The van der Waals surface area contributed by atoms with Crippen LogP contribution < -0.4 is 0 Å². The summed E-state index contributed by atoms with van der Waals surface area (Å²) in [6.07, 6.45) is 0.824. The standard InChI is InChI=1S/C15H12ClNO6S/c16-12-4-1-10(2-5-12)9-24(22,23)15(17(20)21)8-11-3-6-13(18)14(19)7-11/h1-8,18-19H,9H2/b15-8+. The summed E-state index contributed by atoms with van der Waals surface area (Å²) in [5.41, 5.74) is 0.414. The minimum absolute atomic E-state index is 0.0664. The van der Waals surface area contributed by atoms with Gasteiger partial charge in [0.1, 0.15) is 0 Å². The van der Waals surface area contributed by atoms with Gasteiger partial charge in [0.05, 0.1) is 10.7 Å². The van der Waals surface area contributed by atoms with E-state index in [9.17, 15) is 28.7 Å². The number of hydrogen-bond acceptors (Lipinski definition) is 6. The zero-order valence-corrected chi connectivity index (χ0v) is 13.7. The van der Waals surface area contributed by atoms with E-state index in [1.807, 2.05) is 0 Å². The molecule has 2 N–H and O–H groups in total. The predicted octanol–water partition coefficient (Wildman–Crippen LogP) is 2.94. The van der Waals surface area contributed by atoms with Crippen LogP contribution >= 0.6 is 11.6 Å². The van der Waals surface area contributed by atoms with Crippen molar-refractivity contribution in [2.75, 3.05) is 0 Å². The highest BCUT2D eigenvalue weighted by Crippen LogP contribution is 2.27. The molecule has 0 atom stereocenters. The van der Waals surface area contributed by atoms with Gasteiger partial charge in [0.15, 0.2) is 11.5 Å². The van der Waals surface area contributed by atoms with Crippen LogP contribution in [-0.4, -0.2) is 23.6 Å². The minimum atomic E-state index is -4.23. The predicted molar refractivity (Wildman–Crippen MR) is 88.8 cm³/mol. The van der Waals surface area contributed by atoms with Crippen molar-refractivity contribution in [2.45, 2.75) is 5.75 Å². The quantitative estimate of drug-likeness (QED) is 0.475. The molecule has 24 heavy (non-hydrogen) atoms. The van der Waals surface area contributed by atoms with Crippen LogP contribution in [0.2, 0.25) is 5.02 Å². The van der Waals surface area contributed by atoms with E-state index < -0.39 is 37.0 Å². The molecule has 0 heterocycles. The molecule has 7 nitrogen and oxygen atoms in total. The molecule has 0 aliphatic heterocycles. The van der Waals surface area contributed by atoms with Crippen LogP contribution in [-0.2, 0) is 15.6 Å². The van der Waals surface area contributed by atoms with Gasteiger partial charge < -0.3 is 10.2 Å². The van der Waals surface area contributed by atoms with Crippen LogP contribution in [0.25, 0.3) is 6.08 Å². The average Bonchev–Trinajstić information content (AvgIpc) is 2.50. The van der Waals surface area contributed by atoms with Gasteiger partial charge in [0, 0.05) is 11.1 Å². The van der Waals surface area contributed by atoms with E-state index in [-0.39, 0.29) is 5.56 Å². The lowest BCUT2D eigenvalue weighted by molar-refractivity contribution is -0.410. The van der Waals surface area contributed by atoms with Gasteiger partial charge >= 0.3 is 5.03 Å². The van der Waals surface area contributed by atoms with E-state index in [0.29, 0.717) is 10.6 Å². The summed E-state index contributed by atoms with van der Waals surface area (Å²) in [6.45, 7) is 0. The summed E-state index contributed by atoms with van der Waals surface area (Å²) in [5.74, 6) is -1.50. The number of phenolic OH excluding ortho intramolecular Hbond substituents is 2. The molecule has 0 spiro atoms. The normalized spacial score (nSPS) is 12.1. The molecular weight excluding hydrogens is 358 g/mol. The van der Waals surface area contributed by atoms with Crippen molar-refractivity contribution in [1.82, 2.24) is 0 Å². The summed E-state index contributed by atoms with van der Waals surface area (Å²) in [6, 6.07) is 9.27. The molecule has 2 aromatic rings. The fraction of sp³-hybridized carbons (Fsp3) is 0.0667. The number of benzene rings is 2. The molecule has 9 heteroatoms. The number of nitro groups is 1. The molecule has 2 rings (SSSR count). The zero-order chi connectivity index (χ0) is 17.9. The lowest BCUT2D eigenvalue weighted by atomic mass is 10.2. The molecule has 0 radical (unpaired) electrons. The van der Waals surface area contributed by atoms with E-state index in [2.05, 4.69) is 0 Å². The number of aromatic hydroxyl groups is 2. The number of hydrogen-bond donors (Lipinski definition) is 2. The maximum absolute atomic E-state index is 12.3. The van der Waals surface area contributed by atoms with Gasteiger partial charge in [0.2, 0.25) is 9.84 Å². The molecular formula is C15H12ClNO6S. The lowest BCUT2D eigenvalue weighted by Crippen LogP contribution is -2.14. The second-order valence-electron chi connectivity index (χ2n) is 4.87. The van der Waals surface area contributed by atoms with Gasteiger partial charge in [-0.25, -0.2) is 8.42 Å². The number of phenols is 2. The summed E-state index contributed by atoms with van der Waals surface area (Å²) >= 11 is 5.72. The zero-order valence-electron chi connectivity index (χ0n) is 12.1. The Morgan fingerprint density at radius 3 is 2.29 bits per heavy atom. The molecule has 0 aliphatic carbocycles. The third kappa shape index (κ3) is 4.24. The molecule has 0 aromatic heterocycles. The van der Waals surface area contributed by atoms with Crippen molar-refractivity contribution in [3.8, 4) is 11.5 Å². The van der Waals surface area contributed by atoms with E-state index in [0.717, 1.165) is 18.2 Å². The van der Waals surface area contributed by atoms with E-state index in [1.54, 1.807) is 0 Å². The Labute approximate surface area is 142 Å². The number of rotatable bonds is 5. The average molecular weight is 370 g/mol. The summed E-state index contributed by atoms with van der Waals surface area (Å²) < 4.78 is 24.7. The second kappa shape index (κ2) is 6.90. The van der Waals surface area contributed by atoms with Crippen molar-refractivity contribution in [3.63, 3.8) is 0 Å². The largest absolute Gasteiger partial charge is 0.504 e. The fourth-order valence-electron chi connectivity index (χ4n) is 1.90. The molecule has 2 aromatic carbocycles. The molecule has 0 amide bonds. The highest BCUT2D eigenvalue weighted by atomic mass is 35.5. The number of sulfone groups is 1. The van der Waals surface area contributed by atoms with Gasteiger partial charge in [-0.05, 0) is 35.4 Å². The molecule has 0 saturated carbocycles. The van der Waals surface area contributed by atoms with Gasteiger partial charge in [-0.15, -0.1) is 0 Å². The molecule has 0 bridgehead atoms. The third-order valence-electron chi connectivity index (χ3n) is 3.06. The Morgan fingerprint density at radius 1 is 1.12 bits per heavy atom. The van der Waals surface area contributed by atoms with Crippen molar-refractivity contribution in [2.24, 2.45) is 0 Å². The van der Waals surface area contributed by atoms with Crippen molar-refractivity contribution in [1.29, 1.82) is 0 Å². The van der Waals surface area contributed by atoms with Crippen molar-refractivity contribution in [3.05, 3.63) is 73.8 Å². The van der Waals surface area contributed by atoms with E-state index in [4.69, 9.17) is 11.6 Å². The first-order chi connectivity index (χ1) is 11.2. The Bertz CT molecular complexity index is 906. The number of halogens is 1. The molecule has 0 saturated heterocycles. The Kier molecular flexibility index (Phi) is 5.10. The second-order valence-corrected chi connectivity index (χ2v) is 7.25. The van der Waals surface area contributed by atoms with Crippen molar-refractivity contribution >= 4 is 27.5 Å². The maximum Gasteiger partial charge on any atom is 0.360 e. The van der Waals surface area contributed by atoms with Crippen molar-refractivity contribution < 1.29 is 23.6 Å². The molecule has 0 fully saturated rings. The highest BCUT2D eigenvalue weighted by Gasteiger charge is 2.29. The lowest BCUT2D eigenvalue weighted by Gasteiger charge is -2.04. The maximum atomic E-state index is 12.3. The van der Waals surface area contributed by atoms with Crippen LogP contribution in [0.5, 0.6) is 11.5 Å². The Morgan fingerprint density at radius 2 is 1.75 bits per heavy atom. The van der Waals surface area contributed by atoms with Gasteiger partial charge in [-0.1, -0.05) is 29.8 Å². The third-order valence-corrected chi connectivity index (χ3v) is 4.93. The first-order valence-corrected chi connectivity index (χ1v) is 8.57. The SMILES string of the molecule is O=[N+]([O-])/C(=C\c1ccc(O)c(O)c1)S(=O)(=O)Cc1ccc(Cl)cc1.